The van der Waals surface area contributed by atoms with Gasteiger partial charge in [0.2, 0.25) is 5.91 Å². The van der Waals surface area contributed by atoms with E-state index in [9.17, 15) is 14.4 Å². The van der Waals surface area contributed by atoms with Crippen LogP contribution in [0.3, 0.4) is 0 Å². The van der Waals surface area contributed by atoms with Crippen molar-refractivity contribution in [3.63, 3.8) is 0 Å². The number of amides is 1. The smallest absolute Gasteiger partial charge is 0.331 e. The highest BCUT2D eigenvalue weighted by Gasteiger charge is 2.36. The fourth-order valence-corrected chi connectivity index (χ4v) is 3.52. The Morgan fingerprint density at radius 2 is 1.96 bits per heavy atom. The van der Waals surface area contributed by atoms with Gasteiger partial charge >= 0.3 is 5.69 Å². The lowest BCUT2D eigenvalue weighted by atomic mass is 10.0. The van der Waals surface area contributed by atoms with Crippen LogP contribution in [0.5, 0.6) is 0 Å². The molecule has 0 radical (unpaired) electrons. The Labute approximate surface area is 140 Å². The number of carbonyl (C=O) groups is 1. The fraction of sp³-hybridized carbons (Fsp3) is 0.688. The fourth-order valence-electron chi connectivity index (χ4n) is 3.52. The first-order valence-electron chi connectivity index (χ1n) is 8.33. The molecule has 24 heavy (non-hydrogen) atoms. The molecular weight excluding hydrogens is 312 g/mol. The van der Waals surface area contributed by atoms with Gasteiger partial charge in [-0.25, -0.2) is 4.79 Å². The van der Waals surface area contributed by atoms with Crippen LogP contribution < -0.4 is 11.2 Å². The number of hydrogen-bond donors (Lipinski definition) is 0. The molecule has 0 saturated carbocycles. The molecule has 0 N–H and O–H groups in total. The van der Waals surface area contributed by atoms with E-state index in [2.05, 4.69) is 11.8 Å². The van der Waals surface area contributed by atoms with Gasteiger partial charge in [-0.3, -0.25) is 23.6 Å². The number of carbonyl (C=O) groups excluding carboxylic acids is 1. The predicted molar refractivity (Wildman–Crippen MR) is 87.9 cm³/mol. The molecule has 2 saturated heterocycles. The van der Waals surface area contributed by atoms with Crippen molar-refractivity contribution in [1.29, 1.82) is 0 Å². The zero-order valence-corrected chi connectivity index (χ0v) is 14.2. The van der Waals surface area contributed by atoms with Crippen molar-refractivity contribution >= 4 is 5.91 Å². The Bertz CT molecular complexity index is 720. The van der Waals surface area contributed by atoms with E-state index in [-0.39, 0.29) is 18.0 Å². The third kappa shape index (κ3) is 3.29. The maximum Gasteiger partial charge on any atom is 0.331 e. The minimum absolute atomic E-state index is 0.0322. The van der Waals surface area contributed by atoms with Crippen LogP contribution in [0.25, 0.3) is 0 Å². The molecule has 0 spiro atoms. The second-order valence-corrected chi connectivity index (χ2v) is 6.62. The Morgan fingerprint density at radius 3 is 2.67 bits per heavy atom. The van der Waals surface area contributed by atoms with Crippen LogP contribution in [0.15, 0.2) is 21.9 Å². The summed E-state index contributed by atoms with van der Waals surface area (Å²) in [7, 11) is 1.41. The van der Waals surface area contributed by atoms with Crippen molar-refractivity contribution in [3.05, 3.63) is 33.1 Å². The van der Waals surface area contributed by atoms with Crippen molar-refractivity contribution in [2.24, 2.45) is 13.0 Å². The number of rotatable bonds is 3. The summed E-state index contributed by atoms with van der Waals surface area (Å²) in [5.41, 5.74) is -0.835. The number of hydrogen-bond acceptors (Lipinski definition) is 5. The van der Waals surface area contributed by atoms with Crippen molar-refractivity contribution in [2.45, 2.75) is 19.5 Å². The molecule has 0 unspecified atom stereocenters. The monoisotopic (exact) mass is 336 g/mol. The first-order chi connectivity index (χ1) is 11.5. The summed E-state index contributed by atoms with van der Waals surface area (Å²) >= 11 is 0. The van der Waals surface area contributed by atoms with E-state index >= 15 is 0 Å². The molecule has 2 aliphatic rings. The molecule has 3 heterocycles. The molecule has 0 aliphatic carbocycles. The van der Waals surface area contributed by atoms with Crippen molar-refractivity contribution < 1.29 is 9.53 Å². The van der Waals surface area contributed by atoms with Gasteiger partial charge in [-0.05, 0) is 5.92 Å². The molecule has 0 bridgehead atoms. The van der Waals surface area contributed by atoms with Crippen LogP contribution in [-0.2, 0) is 23.1 Å². The van der Waals surface area contributed by atoms with Gasteiger partial charge in [0.05, 0.1) is 13.2 Å². The van der Waals surface area contributed by atoms with Crippen LogP contribution in [0.2, 0.25) is 0 Å². The molecule has 132 valence electrons. The van der Waals surface area contributed by atoms with Crippen LogP contribution in [0, 0.1) is 5.92 Å². The van der Waals surface area contributed by atoms with E-state index in [0.29, 0.717) is 25.0 Å². The summed E-state index contributed by atoms with van der Waals surface area (Å²) in [5.74, 6) is 0.308. The summed E-state index contributed by atoms with van der Waals surface area (Å²) < 4.78 is 7.69. The van der Waals surface area contributed by atoms with Crippen molar-refractivity contribution in [1.82, 2.24) is 18.9 Å². The Morgan fingerprint density at radius 1 is 1.25 bits per heavy atom. The third-order valence-electron chi connectivity index (χ3n) is 5.01. The van der Waals surface area contributed by atoms with Crippen LogP contribution in [0.1, 0.15) is 6.92 Å². The largest absolute Gasteiger partial charge is 0.379 e. The lowest BCUT2D eigenvalue weighted by Gasteiger charge is -2.34. The molecular formula is C16H24N4O4. The van der Waals surface area contributed by atoms with E-state index in [4.69, 9.17) is 4.74 Å². The summed E-state index contributed by atoms with van der Waals surface area (Å²) in [5, 5.41) is 0. The van der Waals surface area contributed by atoms with Gasteiger partial charge in [0.1, 0.15) is 6.54 Å². The number of morpholine rings is 1. The molecule has 2 fully saturated rings. The third-order valence-corrected chi connectivity index (χ3v) is 5.01. The molecule has 0 aromatic carbocycles. The molecule has 1 aromatic heterocycles. The van der Waals surface area contributed by atoms with Gasteiger partial charge in [-0.2, -0.15) is 0 Å². The van der Waals surface area contributed by atoms with Gasteiger partial charge in [-0.1, -0.05) is 6.92 Å². The molecule has 1 aromatic rings. The van der Waals surface area contributed by atoms with E-state index in [1.165, 1.54) is 23.9 Å². The summed E-state index contributed by atoms with van der Waals surface area (Å²) in [4.78, 5) is 40.3. The Kier molecular flexibility index (Phi) is 4.86. The van der Waals surface area contributed by atoms with Gasteiger partial charge in [0.25, 0.3) is 5.56 Å². The maximum atomic E-state index is 12.6. The zero-order valence-electron chi connectivity index (χ0n) is 14.2. The predicted octanol–water partition coefficient (Wildman–Crippen LogP) is -1.27. The van der Waals surface area contributed by atoms with Gasteiger partial charge < -0.3 is 9.64 Å². The second-order valence-electron chi connectivity index (χ2n) is 6.62. The molecule has 8 heteroatoms. The highest BCUT2D eigenvalue weighted by Crippen LogP contribution is 2.22. The Balaban J connectivity index is 1.67. The molecule has 3 rings (SSSR count). The first-order valence-corrected chi connectivity index (χ1v) is 8.33. The SMILES string of the molecule is C[C@@H]1CN(C(=O)Cn2ccc(=O)n(C)c2=O)C[C@@H]1N1CCOCC1. The number of ether oxygens (including phenoxy) is 1. The van der Waals surface area contributed by atoms with Crippen molar-refractivity contribution in [3.8, 4) is 0 Å². The molecule has 8 nitrogen and oxygen atoms in total. The highest BCUT2D eigenvalue weighted by molar-refractivity contribution is 5.76. The van der Waals surface area contributed by atoms with Gasteiger partial charge in [0, 0.05) is 51.5 Å². The van der Waals surface area contributed by atoms with E-state index in [1.54, 1.807) is 0 Å². The number of aromatic nitrogens is 2. The van der Waals surface area contributed by atoms with E-state index in [0.717, 1.165) is 30.9 Å². The van der Waals surface area contributed by atoms with Crippen LogP contribution in [-0.4, -0.2) is 70.3 Å². The molecule has 2 aliphatic heterocycles. The quantitative estimate of drug-likeness (QED) is 0.688. The topological polar surface area (TPSA) is 76.8 Å². The maximum absolute atomic E-state index is 12.6. The molecule has 1 amide bonds. The normalized spacial score (nSPS) is 25.2. The Hall–Kier alpha value is -1.93. The van der Waals surface area contributed by atoms with E-state index in [1.807, 2.05) is 4.90 Å². The molecule has 2 atom stereocenters. The summed E-state index contributed by atoms with van der Waals surface area (Å²) in [6.07, 6.45) is 1.39. The number of likely N-dealkylation sites (tertiary alicyclic amines) is 1. The average molecular weight is 336 g/mol. The second kappa shape index (κ2) is 6.90. The van der Waals surface area contributed by atoms with Crippen LogP contribution >= 0.6 is 0 Å². The highest BCUT2D eigenvalue weighted by atomic mass is 16.5. The van der Waals surface area contributed by atoms with Gasteiger partial charge in [-0.15, -0.1) is 0 Å². The van der Waals surface area contributed by atoms with Crippen molar-refractivity contribution in [2.75, 3.05) is 39.4 Å². The van der Waals surface area contributed by atoms with Crippen LogP contribution in [0.4, 0.5) is 0 Å². The number of nitrogens with zero attached hydrogens (tertiary/aromatic N) is 4. The van der Waals surface area contributed by atoms with E-state index < -0.39 is 5.69 Å². The lowest BCUT2D eigenvalue weighted by Crippen LogP contribution is -2.47. The first kappa shape index (κ1) is 16.9. The lowest BCUT2D eigenvalue weighted by molar-refractivity contribution is -0.131. The average Bonchev–Trinajstić information content (AvgIpc) is 2.98. The summed E-state index contributed by atoms with van der Waals surface area (Å²) in [6.45, 7) is 6.78. The van der Waals surface area contributed by atoms with Gasteiger partial charge in [0.15, 0.2) is 0 Å². The minimum atomic E-state index is -0.465. The summed E-state index contributed by atoms with van der Waals surface area (Å²) in [6, 6.07) is 1.65. The zero-order chi connectivity index (χ0) is 17.3. The standard InChI is InChI=1S/C16H24N4O4/c1-12-9-20(10-13(12)18-5-7-24-8-6-18)15(22)11-19-4-3-14(21)17(2)16(19)23/h3-4,12-13H,5-11H2,1-2H3/t12-,13+/m1/s1. The minimum Gasteiger partial charge on any atom is -0.379 e.